The lowest BCUT2D eigenvalue weighted by Crippen LogP contribution is -2.46. The van der Waals surface area contributed by atoms with Crippen molar-refractivity contribution in [3.63, 3.8) is 0 Å². The van der Waals surface area contributed by atoms with Gasteiger partial charge in [-0.2, -0.15) is 0 Å². The predicted octanol–water partition coefficient (Wildman–Crippen LogP) is 1.01. The highest BCUT2D eigenvalue weighted by Gasteiger charge is 2.18. The molecule has 0 saturated heterocycles. The van der Waals surface area contributed by atoms with E-state index in [4.69, 9.17) is 14.2 Å². The Bertz CT molecular complexity index is 129. The van der Waals surface area contributed by atoms with Crippen LogP contribution in [0.25, 0.3) is 0 Å². The van der Waals surface area contributed by atoms with E-state index in [0.717, 1.165) is 6.42 Å². The lowest BCUT2D eigenvalue weighted by atomic mass is 10.2. The van der Waals surface area contributed by atoms with Gasteiger partial charge in [0.1, 0.15) is 0 Å². The molecule has 0 fully saturated rings. The fraction of sp³-hybridized carbons (Fsp3) is 1.00. The maximum atomic E-state index is 5.16. The van der Waals surface area contributed by atoms with E-state index in [2.05, 4.69) is 12.2 Å². The number of ether oxygens (including phenoxy) is 3. The molecule has 1 N–H and O–H groups in total. The van der Waals surface area contributed by atoms with Crippen molar-refractivity contribution in [2.45, 2.75) is 38.6 Å². The molecule has 4 nitrogen and oxygen atoms in total. The molecule has 0 spiro atoms. The van der Waals surface area contributed by atoms with E-state index in [1.54, 1.807) is 21.3 Å². The third-order valence-corrected chi connectivity index (χ3v) is 2.23. The fourth-order valence-electron chi connectivity index (χ4n) is 1.44. The van der Waals surface area contributed by atoms with E-state index in [0.29, 0.717) is 12.6 Å². The Labute approximate surface area is 86.9 Å². The second-order valence-electron chi connectivity index (χ2n) is 3.36. The van der Waals surface area contributed by atoms with Crippen molar-refractivity contribution in [1.82, 2.24) is 5.32 Å². The van der Waals surface area contributed by atoms with Crippen LogP contribution in [-0.4, -0.2) is 46.3 Å². The molecule has 0 aliphatic rings. The number of rotatable bonds is 8. The minimum atomic E-state index is -0.207. The number of hydrogen-bond donors (Lipinski definition) is 1. The molecule has 2 unspecified atom stereocenters. The van der Waals surface area contributed by atoms with Crippen LogP contribution in [0.1, 0.15) is 20.3 Å². The highest BCUT2D eigenvalue weighted by atomic mass is 16.7. The van der Waals surface area contributed by atoms with Gasteiger partial charge in [-0.3, -0.25) is 0 Å². The lowest BCUT2D eigenvalue weighted by molar-refractivity contribution is -0.121. The monoisotopic (exact) mass is 205 g/mol. The summed E-state index contributed by atoms with van der Waals surface area (Å²) in [6.07, 6.45) is 0.819. The Morgan fingerprint density at radius 2 is 1.71 bits per heavy atom. The average Bonchev–Trinajstić information content (AvgIpc) is 2.19. The quantitative estimate of drug-likeness (QED) is 0.600. The minimum Gasteiger partial charge on any atom is -0.383 e. The van der Waals surface area contributed by atoms with Crippen LogP contribution in [0.2, 0.25) is 0 Å². The number of methoxy groups -OCH3 is 3. The molecule has 0 amide bonds. The van der Waals surface area contributed by atoms with E-state index in [9.17, 15) is 0 Å². The van der Waals surface area contributed by atoms with Crippen molar-refractivity contribution >= 4 is 0 Å². The van der Waals surface area contributed by atoms with Crippen LogP contribution in [-0.2, 0) is 14.2 Å². The minimum absolute atomic E-state index is 0.157. The van der Waals surface area contributed by atoms with Gasteiger partial charge in [-0.05, 0) is 13.3 Å². The van der Waals surface area contributed by atoms with Crippen LogP contribution in [0.4, 0.5) is 0 Å². The van der Waals surface area contributed by atoms with E-state index in [1.165, 1.54) is 0 Å². The smallest absolute Gasteiger partial charge is 0.171 e. The Morgan fingerprint density at radius 3 is 2.07 bits per heavy atom. The first kappa shape index (κ1) is 13.8. The molecule has 14 heavy (non-hydrogen) atoms. The van der Waals surface area contributed by atoms with Gasteiger partial charge in [-0.1, -0.05) is 6.92 Å². The summed E-state index contributed by atoms with van der Waals surface area (Å²) in [5.74, 6) is 0. The number of nitrogens with one attached hydrogen (secondary N) is 1. The lowest BCUT2D eigenvalue weighted by Gasteiger charge is -2.26. The van der Waals surface area contributed by atoms with Gasteiger partial charge in [0.05, 0.1) is 12.6 Å². The van der Waals surface area contributed by atoms with Gasteiger partial charge in [0.2, 0.25) is 0 Å². The van der Waals surface area contributed by atoms with Crippen LogP contribution in [0.15, 0.2) is 0 Å². The molecule has 0 heterocycles. The molecule has 4 heteroatoms. The van der Waals surface area contributed by atoms with Crippen LogP contribution in [0.5, 0.6) is 0 Å². The van der Waals surface area contributed by atoms with Gasteiger partial charge in [-0.15, -0.1) is 0 Å². The highest BCUT2D eigenvalue weighted by molar-refractivity contribution is 4.72. The summed E-state index contributed by atoms with van der Waals surface area (Å²) in [6.45, 7) is 4.87. The maximum Gasteiger partial charge on any atom is 0.171 e. The van der Waals surface area contributed by atoms with Gasteiger partial charge in [0.25, 0.3) is 0 Å². The zero-order valence-electron chi connectivity index (χ0n) is 9.87. The first-order valence-corrected chi connectivity index (χ1v) is 5.00. The van der Waals surface area contributed by atoms with Crippen molar-refractivity contribution in [1.29, 1.82) is 0 Å². The summed E-state index contributed by atoms with van der Waals surface area (Å²) in [5.41, 5.74) is 0. The molecule has 86 valence electrons. The first-order chi connectivity index (χ1) is 6.69. The molecule has 0 aromatic carbocycles. The summed E-state index contributed by atoms with van der Waals surface area (Å²) in [7, 11) is 4.99. The highest BCUT2D eigenvalue weighted by Crippen LogP contribution is 2.02. The maximum absolute atomic E-state index is 5.16. The largest absolute Gasteiger partial charge is 0.383 e. The van der Waals surface area contributed by atoms with Crippen molar-refractivity contribution in [2.75, 3.05) is 27.9 Å². The Kier molecular flexibility index (Phi) is 8.08. The standard InChI is InChI=1S/C10H23NO3/c1-6-9(7-12-3)11-8(2)10(13-4)14-5/h8-11H,6-7H2,1-5H3. The molecule has 0 aromatic heterocycles. The zero-order chi connectivity index (χ0) is 11.0. The molecule has 0 aromatic rings. The summed E-state index contributed by atoms with van der Waals surface area (Å²) in [6, 6.07) is 0.507. The van der Waals surface area contributed by atoms with Gasteiger partial charge in [0.15, 0.2) is 6.29 Å². The summed E-state index contributed by atoms with van der Waals surface area (Å²) >= 11 is 0. The summed E-state index contributed by atoms with van der Waals surface area (Å²) < 4.78 is 15.4. The van der Waals surface area contributed by atoms with Crippen LogP contribution in [0, 0.1) is 0 Å². The molecule has 0 aliphatic heterocycles. The number of hydrogen-bond acceptors (Lipinski definition) is 4. The van der Waals surface area contributed by atoms with Crippen molar-refractivity contribution in [2.24, 2.45) is 0 Å². The molecular formula is C10H23NO3. The molecule has 0 saturated carbocycles. The van der Waals surface area contributed by atoms with E-state index in [1.807, 2.05) is 6.92 Å². The molecule has 0 bridgehead atoms. The van der Waals surface area contributed by atoms with Gasteiger partial charge in [-0.25, -0.2) is 0 Å². The normalized spacial score (nSPS) is 15.9. The van der Waals surface area contributed by atoms with Crippen LogP contribution < -0.4 is 5.32 Å². The fourth-order valence-corrected chi connectivity index (χ4v) is 1.44. The SMILES string of the molecule is CCC(COC)NC(C)C(OC)OC. The molecule has 0 radical (unpaired) electrons. The van der Waals surface area contributed by atoms with E-state index >= 15 is 0 Å². The van der Waals surface area contributed by atoms with Gasteiger partial charge >= 0.3 is 0 Å². The van der Waals surface area contributed by atoms with Crippen LogP contribution in [0.3, 0.4) is 0 Å². The molecule has 0 rings (SSSR count). The van der Waals surface area contributed by atoms with E-state index < -0.39 is 0 Å². The second-order valence-corrected chi connectivity index (χ2v) is 3.36. The van der Waals surface area contributed by atoms with Crippen molar-refractivity contribution in [3.8, 4) is 0 Å². The Hall–Kier alpha value is -0.160. The summed E-state index contributed by atoms with van der Waals surface area (Å²) in [4.78, 5) is 0. The molecule has 2 atom stereocenters. The van der Waals surface area contributed by atoms with Gasteiger partial charge < -0.3 is 19.5 Å². The third kappa shape index (κ3) is 4.91. The predicted molar refractivity (Wildman–Crippen MR) is 56.4 cm³/mol. The van der Waals surface area contributed by atoms with Crippen molar-refractivity contribution < 1.29 is 14.2 Å². The molecular weight excluding hydrogens is 182 g/mol. The zero-order valence-corrected chi connectivity index (χ0v) is 9.87. The third-order valence-electron chi connectivity index (χ3n) is 2.23. The van der Waals surface area contributed by atoms with Crippen LogP contribution >= 0.6 is 0 Å². The van der Waals surface area contributed by atoms with E-state index in [-0.39, 0.29) is 12.3 Å². The Morgan fingerprint density at radius 1 is 1.14 bits per heavy atom. The molecule has 0 aliphatic carbocycles. The topological polar surface area (TPSA) is 39.7 Å². The first-order valence-electron chi connectivity index (χ1n) is 5.00. The van der Waals surface area contributed by atoms with Crippen molar-refractivity contribution in [3.05, 3.63) is 0 Å². The Balaban J connectivity index is 3.92. The van der Waals surface area contributed by atoms with Gasteiger partial charge in [0, 0.05) is 27.4 Å². The second kappa shape index (κ2) is 8.17. The summed E-state index contributed by atoms with van der Waals surface area (Å²) in [5, 5.41) is 3.39. The average molecular weight is 205 g/mol.